The molecule has 2 aliphatic rings. The van der Waals surface area contributed by atoms with Gasteiger partial charge in [0, 0.05) is 19.6 Å². The van der Waals surface area contributed by atoms with E-state index in [-0.39, 0.29) is 18.0 Å². The van der Waals surface area contributed by atoms with Crippen molar-refractivity contribution in [3.05, 3.63) is 144 Å². The third kappa shape index (κ3) is 4.74. The lowest BCUT2D eigenvalue weighted by molar-refractivity contribution is -0.133. The van der Waals surface area contributed by atoms with Gasteiger partial charge in [0.15, 0.2) is 0 Å². The van der Waals surface area contributed by atoms with Crippen LogP contribution in [-0.4, -0.2) is 52.4 Å². The Morgan fingerprint density at radius 2 is 1.23 bits per heavy atom. The van der Waals surface area contributed by atoms with Crippen LogP contribution >= 0.6 is 0 Å². The minimum atomic E-state index is -0.599. The number of carbonyl (C=O) groups is 1. The molecule has 0 bridgehead atoms. The van der Waals surface area contributed by atoms with Gasteiger partial charge in [-0.05, 0) is 22.3 Å². The van der Waals surface area contributed by atoms with E-state index in [1.807, 2.05) is 41.3 Å². The van der Waals surface area contributed by atoms with Gasteiger partial charge in [-0.3, -0.25) is 14.6 Å². The number of hydrogen-bond acceptors (Lipinski definition) is 4. The van der Waals surface area contributed by atoms with Gasteiger partial charge >= 0.3 is 0 Å². The molecular weight excluding hydrogens is 480 g/mol. The average molecular weight is 513 g/mol. The van der Waals surface area contributed by atoms with Crippen molar-refractivity contribution in [3.63, 3.8) is 0 Å². The van der Waals surface area contributed by atoms with Crippen LogP contribution in [0.15, 0.2) is 121 Å². The molecule has 0 N–H and O–H groups in total. The summed E-state index contributed by atoms with van der Waals surface area (Å²) in [5.74, 6) is 0.109. The molecule has 2 unspecified atom stereocenters. The van der Waals surface area contributed by atoms with Crippen LogP contribution in [0.2, 0.25) is 0 Å². The first kappa shape index (κ1) is 25.1. The van der Waals surface area contributed by atoms with Crippen molar-refractivity contribution in [2.75, 3.05) is 19.8 Å². The van der Waals surface area contributed by atoms with E-state index in [1.165, 1.54) is 5.56 Å². The molecule has 2 heterocycles. The Morgan fingerprint density at radius 1 is 0.744 bits per heavy atom. The molecule has 2 fully saturated rings. The van der Waals surface area contributed by atoms with Crippen LogP contribution in [-0.2, 0) is 16.9 Å². The lowest BCUT2D eigenvalue weighted by Gasteiger charge is -2.38. The topological polar surface area (TPSA) is 50.4 Å². The van der Waals surface area contributed by atoms with Gasteiger partial charge in [0.1, 0.15) is 6.04 Å². The highest BCUT2D eigenvalue weighted by atomic mass is 16.2. The van der Waals surface area contributed by atoms with Crippen molar-refractivity contribution >= 4 is 5.91 Å². The lowest BCUT2D eigenvalue weighted by atomic mass is 9.76. The minimum absolute atomic E-state index is 0.103. The molecule has 6 rings (SSSR count). The SMILES string of the molecule is N#CCC1CN(Cc2ccccc2)CN1C(=O)C1C[N@@]1C(c1ccccc1)(c1ccccc1)c1ccccc1. The van der Waals surface area contributed by atoms with Crippen molar-refractivity contribution in [1.29, 1.82) is 5.26 Å². The summed E-state index contributed by atoms with van der Waals surface area (Å²) in [6.07, 6.45) is 0.338. The molecular formula is C34H32N4O. The fraction of sp³-hybridized carbons (Fsp3) is 0.235. The van der Waals surface area contributed by atoms with Crippen molar-refractivity contribution in [2.24, 2.45) is 0 Å². The van der Waals surface area contributed by atoms with Gasteiger partial charge in [-0.15, -0.1) is 0 Å². The quantitative estimate of drug-likeness (QED) is 0.239. The summed E-state index contributed by atoms with van der Waals surface area (Å²) in [7, 11) is 0. The maximum Gasteiger partial charge on any atom is 0.242 e. The zero-order valence-corrected chi connectivity index (χ0v) is 21.9. The Bertz CT molecular complexity index is 1340. The van der Waals surface area contributed by atoms with Crippen LogP contribution in [0.5, 0.6) is 0 Å². The molecule has 3 atom stereocenters. The van der Waals surface area contributed by atoms with Crippen LogP contribution in [0, 0.1) is 11.3 Å². The van der Waals surface area contributed by atoms with E-state index >= 15 is 0 Å². The number of hydrogen-bond donors (Lipinski definition) is 0. The van der Waals surface area contributed by atoms with E-state index in [0.717, 1.165) is 23.2 Å². The van der Waals surface area contributed by atoms with Gasteiger partial charge in [0.2, 0.25) is 5.91 Å². The summed E-state index contributed by atoms with van der Waals surface area (Å²) in [5, 5.41) is 9.57. The van der Waals surface area contributed by atoms with Gasteiger partial charge in [-0.25, -0.2) is 0 Å². The lowest BCUT2D eigenvalue weighted by Crippen LogP contribution is -2.44. The highest BCUT2D eigenvalue weighted by Gasteiger charge is 2.57. The predicted octanol–water partition coefficient (Wildman–Crippen LogP) is 5.25. The summed E-state index contributed by atoms with van der Waals surface area (Å²) in [6.45, 7) is 2.68. The molecule has 2 aliphatic heterocycles. The number of nitriles is 1. The minimum Gasteiger partial charge on any atom is -0.323 e. The van der Waals surface area contributed by atoms with E-state index in [2.05, 4.69) is 101 Å². The second-order valence-electron chi connectivity index (χ2n) is 10.4. The van der Waals surface area contributed by atoms with E-state index in [4.69, 9.17) is 0 Å². The highest BCUT2D eigenvalue weighted by molar-refractivity contribution is 5.86. The van der Waals surface area contributed by atoms with E-state index < -0.39 is 5.54 Å². The first-order valence-electron chi connectivity index (χ1n) is 13.6. The van der Waals surface area contributed by atoms with E-state index in [1.54, 1.807) is 0 Å². The summed E-state index contributed by atoms with van der Waals surface area (Å²) < 4.78 is 0. The zero-order valence-electron chi connectivity index (χ0n) is 21.9. The molecule has 1 amide bonds. The Morgan fingerprint density at radius 3 is 1.72 bits per heavy atom. The Kier molecular flexibility index (Phi) is 6.98. The Balaban J connectivity index is 1.34. The second-order valence-corrected chi connectivity index (χ2v) is 10.4. The summed E-state index contributed by atoms with van der Waals surface area (Å²) in [4.78, 5) is 20.7. The van der Waals surface area contributed by atoms with Crippen LogP contribution in [0.1, 0.15) is 28.7 Å². The first-order valence-corrected chi connectivity index (χ1v) is 13.6. The Labute approximate surface area is 230 Å². The van der Waals surface area contributed by atoms with Crippen LogP contribution in [0.3, 0.4) is 0 Å². The van der Waals surface area contributed by atoms with Crippen LogP contribution in [0.25, 0.3) is 0 Å². The second kappa shape index (κ2) is 10.9. The molecule has 0 radical (unpaired) electrons. The molecule has 4 aromatic carbocycles. The van der Waals surface area contributed by atoms with Gasteiger partial charge in [-0.1, -0.05) is 121 Å². The maximum absolute atomic E-state index is 14.2. The molecule has 5 heteroatoms. The molecule has 39 heavy (non-hydrogen) atoms. The van der Waals surface area contributed by atoms with Crippen molar-refractivity contribution in [1.82, 2.24) is 14.7 Å². The van der Waals surface area contributed by atoms with Crippen LogP contribution in [0.4, 0.5) is 0 Å². The van der Waals surface area contributed by atoms with Gasteiger partial charge in [0.25, 0.3) is 0 Å². The van der Waals surface area contributed by atoms with Crippen molar-refractivity contribution < 1.29 is 4.79 Å². The largest absolute Gasteiger partial charge is 0.323 e. The molecule has 0 aromatic heterocycles. The summed E-state index contributed by atoms with van der Waals surface area (Å²) >= 11 is 0. The predicted molar refractivity (Wildman–Crippen MR) is 152 cm³/mol. The molecule has 194 valence electrons. The molecule has 4 aromatic rings. The Hall–Kier alpha value is -4.24. The monoisotopic (exact) mass is 512 g/mol. The maximum atomic E-state index is 14.2. The molecule has 0 aliphatic carbocycles. The van der Waals surface area contributed by atoms with Gasteiger partial charge < -0.3 is 4.90 Å². The highest BCUT2D eigenvalue weighted by Crippen LogP contribution is 2.48. The number of nitrogens with zero attached hydrogens (tertiary/aromatic N) is 4. The third-order valence-electron chi connectivity index (χ3n) is 8.02. The van der Waals surface area contributed by atoms with Crippen molar-refractivity contribution in [2.45, 2.75) is 30.6 Å². The molecule has 5 nitrogen and oxygen atoms in total. The number of benzene rings is 4. The zero-order chi connectivity index (χ0) is 26.7. The number of rotatable bonds is 8. The fourth-order valence-electron chi connectivity index (χ4n) is 6.22. The molecule has 2 saturated heterocycles. The van der Waals surface area contributed by atoms with Gasteiger partial charge in [0.05, 0.1) is 30.7 Å². The van der Waals surface area contributed by atoms with Crippen LogP contribution < -0.4 is 0 Å². The van der Waals surface area contributed by atoms with E-state index in [9.17, 15) is 10.1 Å². The molecule has 0 spiro atoms. The molecule has 0 saturated carbocycles. The van der Waals surface area contributed by atoms with Gasteiger partial charge in [-0.2, -0.15) is 5.26 Å². The standard InChI is InChI=1S/C34H32N4O/c35-22-21-31-24-36(23-27-13-5-1-6-14-27)26-37(31)33(39)32-25-38(32)34(28-15-7-2-8-16-28,29-17-9-3-10-18-29)30-19-11-4-12-20-30/h1-20,31-32H,21,23-26H2/t31?,32?,38-/m1/s1. The third-order valence-corrected chi connectivity index (χ3v) is 8.02. The van der Waals surface area contributed by atoms with E-state index in [0.29, 0.717) is 26.2 Å². The smallest absolute Gasteiger partial charge is 0.242 e. The fourth-order valence-corrected chi connectivity index (χ4v) is 6.22. The average Bonchev–Trinajstić information content (AvgIpc) is 3.69. The normalized spacial score (nSPS) is 20.9. The summed E-state index contributed by atoms with van der Waals surface area (Å²) in [6, 6.07) is 43.8. The number of carbonyl (C=O) groups excluding carboxylic acids is 1. The number of amides is 1. The van der Waals surface area contributed by atoms with Crippen molar-refractivity contribution in [3.8, 4) is 6.07 Å². The summed E-state index contributed by atoms with van der Waals surface area (Å²) in [5.41, 5.74) is 4.03. The first-order chi connectivity index (χ1) is 19.2.